The molecule has 1 aliphatic rings. The first-order valence-corrected chi connectivity index (χ1v) is 6.36. The van der Waals surface area contributed by atoms with Crippen molar-refractivity contribution in [1.29, 1.82) is 0 Å². The molecule has 3 rings (SSSR count). The summed E-state index contributed by atoms with van der Waals surface area (Å²) in [5, 5.41) is 7.96. The van der Waals surface area contributed by atoms with E-state index in [0.29, 0.717) is 6.04 Å². The van der Waals surface area contributed by atoms with Gasteiger partial charge in [0.2, 0.25) is 0 Å². The van der Waals surface area contributed by atoms with E-state index in [4.69, 9.17) is 0 Å². The van der Waals surface area contributed by atoms with E-state index in [1.807, 2.05) is 22.7 Å². The molecule has 5 heteroatoms. The van der Waals surface area contributed by atoms with Gasteiger partial charge in [-0.15, -0.1) is 0 Å². The van der Waals surface area contributed by atoms with Crippen LogP contribution in [0.15, 0.2) is 22.8 Å². The first-order valence-electron chi connectivity index (χ1n) is 5.56. The minimum absolute atomic E-state index is 0.552. The van der Waals surface area contributed by atoms with Crippen molar-refractivity contribution in [2.45, 2.75) is 25.3 Å². The Morgan fingerprint density at radius 1 is 1.50 bits per heavy atom. The van der Waals surface area contributed by atoms with Crippen molar-refractivity contribution in [2.75, 3.05) is 6.54 Å². The third-order valence-electron chi connectivity index (χ3n) is 2.95. The Morgan fingerprint density at radius 3 is 3.19 bits per heavy atom. The Hall–Kier alpha value is -0.940. The summed E-state index contributed by atoms with van der Waals surface area (Å²) < 4.78 is 2.78. The molecule has 0 aromatic carbocycles. The molecule has 2 aromatic heterocycles. The fourth-order valence-corrected chi connectivity index (χ4v) is 2.57. The second kappa shape index (κ2) is 4.14. The molecule has 0 aliphatic carbocycles. The van der Waals surface area contributed by atoms with Crippen LogP contribution in [0, 0.1) is 0 Å². The topological polar surface area (TPSA) is 42.2 Å². The number of halogens is 1. The van der Waals surface area contributed by atoms with Gasteiger partial charge in [-0.25, -0.2) is 9.50 Å². The lowest BCUT2D eigenvalue weighted by Crippen LogP contribution is -2.24. The molecule has 1 unspecified atom stereocenters. The lowest BCUT2D eigenvalue weighted by Gasteiger charge is -2.05. The highest BCUT2D eigenvalue weighted by atomic mass is 79.9. The number of aromatic nitrogens is 3. The van der Waals surface area contributed by atoms with Gasteiger partial charge in [0.1, 0.15) is 4.60 Å². The molecule has 1 fully saturated rings. The maximum absolute atomic E-state index is 4.52. The third kappa shape index (κ3) is 1.85. The SMILES string of the molecule is Brc1cccc2nc(CC3CCCN3)nn12. The van der Waals surface area contributed by atoms with Crippen LogP contribution in [-0.4, -0.2) is 27.2 Å². The van der Waals surface area contributed by atoms with E-state index in [-0.39, 0.29) is 0 Å². The maximum Gasteiger partial charge on any atom is 0.156 e. The number of hydrogen-bond donors (Lipinski definition) is 1. The van der Waals surface area contributed by atoms with E-state index >= 15 is 0 Å². The van der Waals surface area contributed by atoms with E-state index in [2.05, 4.69) is 31.3 Å². The quantitative estimate of drug-likeness (QED) is 0.853. The van der Waals surface area contributed by atoms with Crippen molar-refractivity contribution in [2.24, 2.45) is 0 Å². The summed E-state index contributed by atoms with van der Waals surface area (Å²) in [6, 6.07) is 6.48. The van der Waals surface area contributed by atoms with Crippen molar-refractivity contribution < 1.29 is 0 Å². The second-order valence-electron chi connectivity index (χ2n) is 4.14. The Morgan fingerprint density at radius 2 is 2.44 bits per heavy atom. The summed E-state index contributed by atoms with van der Waals surface area (Å²) in [5.41, 5.74) is 0.905. The van der Waals surface area contributed by atoms with Crippen LogP contribution in [0.5, 0.6) is 0 Å². The van der Waals surface area contributed by atoms with Crippen LogP contribution in [0.25, 0.3) is 5.65 Å². The van der Waals surface area contributed by atoms with Crippen LogP contribution in [0.4, 0.5) is 0 Å². The Labute approximate surface area is 102 Å². The number of fused-ring (bicyclic) bond motifs is 1. The first kappa shape index (κ1) is 10.2. The van der Waals surface area contributed by atoms with Crippen LogP contribution in [0.1, 0.15) is 18.7 Å². The molecule has 0 saturated carbocycles. The summed E-state index contributed by atoms with van der Waals surface area (Å²) in [7, 11) is 0. The highest BCUT2D eigenvalue weighted by molar-refractivity contribution is 9.10. The maximum atomic E-state index is 4.52. The number of nitrogens with zero attached hydrogens (tertiary/aromatic N) is 3. The Balaban J connectivity index is 1.90. The fourth-order valence-electron chi connectivity index (χ4n) is 2.16. The van der Waals surface area contributed by atoms with Gasteiger partial charge in [-0.1, -0.05) is 6.07 Å². The van der Waals surface area contributed by atoms with Crippen LogP contribution in [0.2, 0.25) is 0 Å². The molecular weight excluding hydrogens is 268 g/mol. The standard InChI is InChI=1S/C11H13BrN4/c12-9-4-1-5-11-14-10(15-16(9)11)7-8-3-2-6-13-8/h1,4-5,8,13H,2-3,6-7H2. The Bertz CT molecular complexity index is 502. The highest BCUT2D eigenvalue weighted by Crippen LogP contribution is 2.14. The van der Waals surface area contributed by atoms with Gasteiger partial charge in [0.25, 0.3) is 0 Å². The zero-order valence-corrected chi connectivity index (χ0v) is 10.4. The van der Waals surface area contributed by atoms with Gasteiger partial charge in [-0.2, -0.15) is 5.10 Å². The van der Waals surface area contributed by atoms with Crippen molar-refractivity contribution in [1.82, 2.24) is 19.9 Å². The van der Waals surface area contributed by atoms with E-state index in [1.165, 1.54) is 12.8 Å². The molecule has 0 spiro atoms. The molecule has 4 nitrogen and oxygen atoms in total. The normalized spacial score (nSPS) is 20.7. The van der Waals surface area contributed by atoms with Crippen LogP contribution in [-0.2, 0) is 6.42 Å². The molecule has 1 atom stereocenters. The predicted molar refractivity (Wildman–Crippen MR) is 65.4 cm³/mol. The van der Waals surface area contributed by atoms with E-state index in [0.717, 1.165) is 29.0 Å². The van der Waals surface area contributed by atoms with Crippen LogP contribution < -0.4 is 5.32 Å². The third-order valence-corrected chi connectivity index (χ3v) is 3.55. The van der Waals surface area contributed by atoms with E-state index in [1.54, 1.807) is 0 Å². The molecule has 0 radical (unpaired) electrons. The monoisotopic (exact) mass is 280 g/mol. The molecule has 84 valence electrons. The highest BCUT2D eigenvalue weighted by Gasteiger charge is 2.17. The van der Waals surface area contributed by atoms with Crippen LogP contribution >= 0.6 is 15.9 Å². The van der Waals surface area contributed by atoms with E-state index in [9.17, 15) is 0 Å². The lowest BCUT2D eigenvalue weighted by molar-refractivity contribution is 0.585. The molecule has 0 amide bonds. The van der Waals surface area contributed by atoms with E-state index < -0.39 is 0 Å². The molecule has 2 aromatic rings. The minimum atomic E-state index is 0.552. The summed E-state index contributed by atoms with van der Waals surface area (Å²) in [4.78, 5) is 4.52. The predicted octanol–water partition coefficient (Wildman–Crippen LogP) is 1.79. The molecular formula is C11H13BrN4. The molecule has 1 N–H and O–H groups in total. The van der Waals surface area contributed by atoms with Gasteiger partial charge in [-0.3, -0.25) is 0 Å². The van der Waals surface area contributed by atoms with Crippen LogP contribution in [0.3, 0.4) is 0 Å². The summed E-state index contributed by atoms with van der Waals surface area (Å²) >= 11 is 3.47. The average molecular weight is 281 g/mol. The smallest absolute Gasteiger partial charge is 0.156 e. The van der Waals surface area contributed by atoms with Gasteiger partial charge < -0.3 is 5.32 Å². The van der Waals surface area contributed by atoms with Crippen molar-refractivity contribution >= 4 is 21.6 Å². The summed E-state index contributed by atoms with van der Waals surface area (Å²) in [5.74, 6) is 0.923. The van der Waals surface area contributed by atoms with Crippen molar-refractivity contribution in [3.63, 3.8) is 0 Å². The van der Waals surface area contributed by atoms with Crippen molar-refractivity contribution in [3.8, 4) is 0 Å². The fraction of sp³-hybridized carbons (Fsp3) is 0.455. The average Bonchev–Trinajstić information content (AvgIpc) is 2.88. The summed E-state index contributed by atoms with van der Waals surface area (Å²) in [6.07, 6.45) is 3.42. The molecule has 1 saturated heterocycles. The Kier molecular flexibility index (Phi) is 2.65. The lowest BCUT2D eigenvalue weighted by atomic mass is 10.1. The summed E-state index contributed by atoms with van der Waals surface area (Å²) in [6.45, 7) is 1.13. The molecule has 16 heavy (non-hydrogen) atoms. The largest absolute Gasteiger partial charge is 0.314 e. The van der Waals surface area contributed by atoms with Gasteiger partial charge in [-0.05, 0) is 47.4 Å². The second-order valence-corrected chi connectivity index (χ2v) is 4.96. The molecule has 1 aliphatic heterocycles. The van der Waals surface area contributed by atoms with Gasteiger partial charge >= 0.3 is 0 Å². The zero-order chi connectivity index (χ0) is 11.0. The first-order chi connectivity index (χ1) is 7.83. The zero-order valence-electron chi connectivity index (χ0n) is 8.86. The van der Waals surface area contributed by atoms with Gasteiger partial charge in [0.05, 0.1) is 0 Å². The van der Waals surface area contributed by atoms with Crippen molar-refractivity contribution in [3.05, 3.63) is 28.6 Å². The minimum Gasteiger partial charge on any atom is -0.314 e. The molecule has 3 heterocycles. The van der Waals surface area contributed by atoms with Gasteiger partial charge in [0, 0.05) is 12.5 Å². The van der Waals surface area contributed by atoms with Gasteiger partial charge in [0.15, 0.2) is 11.5 Å². The number of pyridine rings is 1. The molecule has 0 bridgehead atoms. The number of rotatable bonds is 2. The number of hydrogen-bond acceptors (Lipinski definition) is 3. The number of nitrogens with one attached hydrogen (secondary N) is 1.